The maximum Gasteiger partial charge on any atom is 0.265 e. The van der Waals surface area contributed by atoms with Crippen LogP contribution in [0.2, 0.25) is 0 Å². The summed E-state index contributed by atoms with van der Waals surface area (Å²) in [4.78, 5) is 24.6. The number of benzene rings is 2. The second-order valence-corrected chi connectivity index (χ2v) is 6.52. The number of carbonyl (C=O) groups excluding carboxylic acids is 2. The van der Waals surface area contributed by atoms with Gasteiger partial charge in [0.2, 0.25) is 5.91 Å². The van der Waals surface area contributed by atoms with Gasteiger partial charge >= 0.3 is 0 Å². The number of aryl methyl sites for hydroxylation is 1. The number of nitrogens with one attached hydrogen (secondary N) is 2. The highest BCUT2D eigenvalue weighted by Crippen LogP contribution is 2.21. The van der Waals surface area contributed by atoms with Gasteiger partial charge in [0.15, 0.2) is 0 Å². The van der Waals surface area contributed by atoms with Gasteiger partial charge in [-0.05, 0) is 46.9 Å². The summed E-state index contributed by atoms with van der Waals surface area (Å²) in [6, 6.07) is 13.5. The van der Waals surface area contributed by atoms with Crippen molar-refractivity contribution in [2.45, 2.75) is 13.0 Å². The number of aromatic nitrogens is 2. The monoisotopic (exact) mass is 366 g/mol. The molecule has 3 aromatic rings. The topological polar surface area (TPSA) is 84.0 Å². The maximum atomic E-state index is 12.6. The minimum Gasteiger partial charge on any atom is -0.350 e. The van der Waals surface area contributed by atoms with Crippen LogP contribution in [-0.2, 0) is 4.79 Å². The molecule has 1 unspecified atom stereocenters. The number of rotatable bonds is 6. The molecule has 1 atom stereocenters. The SMILES string of the molecule is C=CC(=O)NCC(NC(=O)c1snnc1C)c1ccc2ccccc2c1. The third kappa shape index (κ3) is 3.94. The molecule has 2 amide bonds. The van der Waals surface area contributed by atoms with Crippen LogP contribution in [0, 0.1) is 6.92 Å². The number of hydrogen-bond donors (Lipinski definition) is 2. The van der Waals surface area contributed by atoms with E-state index in [-0.39, 0.29) is 18.4 Å². The lowest BCUT2D eigenvalue weighted by Gasteiger charge is -2.20. The zero-order valence-corrected chi connectivity index (χ0v) is 15.0. The highest BCUT2D eigenvalue weighted by molar-refractivity contribution is 7.08. The first-order valence-electron chi connectivity index (χ1n) is 8.07. The van der Waals surface area contributed by atoms with Gasteiger partial charge < -0.3 is 10.6 Å². The molecule has 0 spiro atoms. The summed E-state index contributed by atoms with van der Waals surface area (Å²) in [6.45, 7) is 5.44. The van der Waals surface area contributed by atoms with E-state index in [0.717, 1.165) is 27.9 Å². The van der Waals surface area contributed by atoms with Crippen molar-refractivity contribution in [3.05, 3.63) is 71.3 Å². The summed E-state index contributed by atoms with van der Waals surface area (Å²) in [7, 11) is 0. The van der Waals surface area contributed by atoms with Gasteiger partial charge in [0.1, 0.15) is 4.88 Å². The summed E-state index contributed by atoms with van der Waals surface area (Å²) in [5.74, 6) is -0.552. The fourth-order valence-electron chi connectivity index (χ4n) is 2.62. The second kappa shape index (κ2) is 7.88. The fraction of sp³-hybridized carbons (Fsp3) is 0.158. The average Bonchev–Trinajstić information content (AvgIpc) is 3.10. The molecule has 132 valence electrons. The molecule has 7 heteroatoms. The standard InChI is InChI=1S/C19H18N4O2S/c1-3-17(24)20-11-16(21-19(25)18-12(2)22-23-26-18)15-9-8-13-6-4-5-7-14(13)10-15/h3-10,16H,1,11H2,2H3,(H,20,24)(H,21,25). The van der Waals surface area contributed by atoms with E-state index < -0.39 is 6.04 Å². The highest BCUT2D eigenvalue weighted by Gasteiger charge is 2.20. The summed E-state index contributed by atoms with van der Waals surface area (Å²) >= 11 is 1.05. The Hall–Kier alpha value is -3.06. The van der Waals surface area contributed by atoms with Crippen LogP contribution >= 0.6 is 11.5 Å². The number of hydrogen-bond acceptors (Lipinski definition) is 5. The van der Waals surface area contributed by atoms with Gasteiger partial charge in [-0.3, -0.25) is 9.59 Å². The van der Waals surface area contributed by atoms with Gasteiger partial charge in [0.05, 0.1) is 11.7 Å². The van der Waals surface area contributed by atoms with E-state index in [1.54, 1.807) is 6.92 Å². The fourth-order valence-corrected chi connectivity index (χ4v) is 3.17. The molecule has 0 aliphatic heterocycles. The van der Waals surface area contributed by atoms with Crippen molar-refractivity contribution in [3.8, 4) is 0 Å². The molecule has 0 saturated carbocycles. The summed E-state index contributed by atoms with van der Waals surface area (Å²) in [6.07, 6.45) is 1.20. The van der Waals surface area contributed by atoms with E-state index in [4.69, 9.17) is 0 Å². The third-order valence-electron chi connectivity index (χ3n) is 4.00. The number of nitrogens with zero attached hydrogens (tertiary/aromatic N) is 2. The zero-order valence-electron chi connectivity index (χ0n) is 14.2. The lowest BCUT2D eigenvalue weighted by molar-refractivity contribution is -0.116. The van der Waals surface area contributed by atoms with Crippen LogP contribution in [0.25, 0.3) is 10.8 Å². The van der Waals surface area contributed by atoms with Crippen molar-refractivity contribution >= 4 is 34.1 Å². The first-order chi connectivity index (χ1) is 12.6. The predicted octanol–water partition coefficient (Wildman–Crippen LogP) is 2.77. The Morgan fingerprint density at radius 2 is 2.00 bits per heavy atom. The minimum absolute atomic E-state index is 0.250. The Bertz CT molecular complexity index is 967. The largest absolute Gasteiger partial charge is 0.350 e. The molecule has 6 nitrogen and oxygen atoms in total. The molecule has 26 heavy (non-hydrogen) atoms. The van der Waals surface area contributed by atoms with Crippen LogP contribution in [0.5, 0.6) is 0 Å². The Morgan fingerprint density at radius 1 is 1.23 bits per heavy atom. The molecule has 0 bridgehead atoms. The van der Waals surface area contributed by atoms with Gasteiger partial charge in [0, 0.05) is 6.54 Å². The van der Waals surface area contributed by atoms with Gasteiger partial charge in [-0.1, -0.05) is 47.5 Å². The van der Waals surface area contributed by atoms with Crippen LogP contribution in [0.4, 0.5) is 0 Å². The predicted molar refractivity (Wildman–Crippen MR) is 102 cm³/mol. The molecule has 0 radical (unpaired) electrons. The molecule has 3 rings (SSSR count). The smallest absolute Gasteiger partial charge is 0.265 e. The molecule has 0 saturated heterocycles. The lowest BCUT2D eigenvalue weighted by atomic mass is 10.0. The summed E-state index contributed by atoms with van der Waals surface area (Å²) in [5, 5.41) is 11.8. The summed E-state index contributed by atoms with van der Waals surface area (Å²) in [5.41, 5.74) is 1.48. The van der Waals surface area contributed by atoms with Gasteiger partial charge in [0.25, 0.3) is 5.91 Å². The van der Waals surface area contributed by atoms with Gasteiger partial charge in [-0.25, -0.2) is 0 Å². The maximum absolute atomic E-state index is 12.6. The van der Waals surface area contributed by atoms with E-state index in [0.29, 0.717) is 10.6 Å². The van der Waals surface area contributed by atoms with Crippen molar-refractivity contribution in [1.29, 1.82) is 0 Å². The normalized spacial score (nSPS) is 11.7. The first-order valence-corrected chi connectivity index (χ1v) is 8.84. The number of carbonyl (C=O) groups is 2. The average molecular weight is 366 g/mol. The van der Waals surface area contributed by atoms with Gasteiger partial charge in [-0.15, -0.1) is 5.10 Å². The number of amides is 2. The van der Waals surface area contributed by atoms with E-state index in [9.17, 15) is 9.59 Å². The van der Waals surface area contributed by atoms with Crippen LogP contribution < -0.4 is 10.6 Å². The molecule has 0 aliphatic carbocycles. The third-order valence-corrected chi connectivity index (χ3v) is 4.83. The molecular weight excluding hydrogens is 348 g/mol. The van der Waals surface area contributed by atoms with E-state index in [2.05, 4.69) is 26.8 Å². The molecule has 0 fully saturated rings. The molecule has 1 aromatic heterocycles. The van der Waals surface area contributed by atoms with Crippen LogP contribution in [-0.4, -0.2) is 27.9 Å². The Balaban J connectivity index is 1.88. The van der Waals surface area contributed by atoms with Crippen molar-refractivity contribution in [1.82, 2.24) is 20.2 Å². The molecular formula is C19H18N4O2S. The van der Waals surface area contributed by atoms with E-state index in [1.807, 2.05) is 42.5 Å². The molecule has 1 heterocycles. The van der Waals surface area contributed by atoms with Crippen LogP contribution in [0.3, 0.4) is 0 Å². The van der Waals surface area contributed by atoms with Crippen molar-refractivity contribution in [2.24, 2.45) is 0 Å². The van der Waals surface area contributed by atoms with E-state index in [1.165, 1.54) is 6.08 Å². The van der Waals surface area contributed by atoms with Crippen molar-refractivity contribution in [3.63, 3.8) is 0 Å². The molecule has 2 N–H and O–H groups in total. The Kier molecular flexibility index (Phi) is 5.38. The number of fused-ring (bicyclic) bond motifs is 1. The lowest BCUT2D eigenvalue weighted by Crippen LogP contribution is -2.37. The van der Waals surface area contributed by atoms with E-state index >= 15 is 0 Å². The zero-order chi connectivity index (χ0) is 18.5. The first kappa shape index (κ1) is 17.8. The minimum atomic E-state index is -0.391. The summed E-state index contributed by atoms with van der Waals surface area (Å²) < 4.78 is 3.80. The quantitative estimate of drug-likeness (QED) is 0.657. The van der Waals surface area contributed by atoms with Gasteiger partial charge in [-0.2, -0.15) is 0 Å². The highest BCUT2D eigenvalue weighted by atomic mass is 32.1. The second-order valence-electron chi connectivity index (χ2n) is 5.77. The van der Waals surface area contributed by atoms with Crippen LogP contribution in [0.1, 0.15) is 27.0 Å². The Morgan fingerprint density at radius 3 is 2.69 bits per heavy atom. The van der Waals surface area contributed by atoms with Crippen LogP contribution in [0.15, 0.2) is 55.1 Å². The Labute approximate surface area is 155 Å². The van der Waals surface area contributed by atoms with Crippen molar-refractivity contribution in [2.75, 3.05) is 6.54 Å². The molecule has 0 aliphatic rings. The van der Waals surface area contributed by atoms with Crippen molar-refractivity contribution < 1.29 is 9.59 Å². The molecule has 2 aromatic carbocycles.